The van der Waals surface area contributed by atoms with E-state index in [-0.39, 0.29) is 5.82 Å². The molecule has 3 rings (SSSR count). The van der Waals surface area contributed by atoms with Crippen LogP contribution in [-0.2, 0) is 19.3 Å². The van der Waals surface area contributed by atoms with E-state index in [0.29, 0.717) is 6.04 Å². The molecule has 0 aliphatic heterocycles. The Balaban J connectivity index is 1.79. The van der Waals surface area contributed by atoms with E-state index in [1.54, 1.807) is 22.6 Å². The minimum absolute atomic E-state index is 0.165. The van der Waals surface area contributed by atoms with Crippen molar-refractivity contribution >= 4 is 11.3 Å². The summed E-state index contributed by atoms with van der Waals surface area (Å²) in [5.74, 6) is -0.165. The maximum absolute atomic E-state index is 13.0. The first kappa shape index (κ1) is 13.8. The van der Waals surface area contributed by atoms with Crippen LogP contribution in [0, 0.1) is 5.82 Å². The second-order valence-corrected chi connectivity index (χ2v) is 6.64. The molecule has 1 aromatic heterocycles. The van der Waals surface area contributed by atoms with E-state index in [2.05, 4.69) is 11.4 Å². The third-order valence-electron chi connectivity index (χ3n) is 4.06. The fraction of sp³-hybridized carbons (Fsp3) is 0.412. The number of aryl methyl sites for hydroxylation is 2. The maximum atomic E-state index is 13.0. The van der Waals surface area contributed by atoms with Gasteiger partial charge in [-0.15, -0.1) is 11.3 Å². The predicted molar refractivity (Wildman–Crippen MR) is 82.9 cm³/mol. The van der Waals surface area contributed by atoms with Gasteiger partial charge in [0.15, 0.2) is 0 Å². The molecule has 1 aliphatic carbocycles. The molecule has 106 valence electrons. The molecule has 0 saturated carbocycles. The summed E-state index contributed by atoms with van der Waals surface area (Å²) in [6.45, 7) is 0. The lowest BCUT2D eigenvalue weighted by molar-refractivity contribution is 0.597. The molecule has 0 spiro atoms. The highest BCUT2D eigenvalue weighted by Crippen LogP contribution is 2.33. The van der Waals surface area contributed by atoms with E-state index < -0.39 is 0 Å². The zero-order valence-electron chi connectivity index (χ0n) is 11.8. The van der Waals surface area contributed by atoms with Gasteiger partial charge in [0.1, 0.15) is 5.82 Å². The maximum Gasteiger partial charge on any atom is 0.123 e. The molecule has 0 bridgehead atoms. The molecule has 1 atom stereocenters. The Kier molecular flexibility index (Phi) is 4.18. The van der Waals surface area contributed by atoms with Crippen LogP contribution in [0.3, 0.4) is 0 Å². The number of rotatable bonds is 4. The molecule has 20 heavy (non-hydrogen) atoms. The van der Waals surface area contributed by atoms with Crippen molar-refractivity contribution in [2.75, 3.05) is 7.05 Å². The SMILES string of the molecule is CNC(Cc1ccc(F)cc1)c1cc2c(s1)CCCC2. The molecule has 0 amide bonds. The van der Waals surface area contributed by atoms with Gasteiger partial charge in [-0.2, -0.15) is 0 Å². The molecular formula is C17H20FNS. The van der Waals surface area contributed by atoms with Gasteiger partial charge in [0.25, 0.3) is 0 Å². The molecule has 0 fully saturated rings. The van der Waals surface area contributed by atoms with Gasteiger partial charge in [0, 0.05) is 15.8 Å². The van der Waals surface area contributed by atoms with Gasteiger partial charge in [0.2, 0.25) is 0 Å². The molecule has 0 saturated heterocycles. The topological polar surface area (TPSA) is 12.0 Å². The van der Waals surface area contributed by atoms with Crippen molar-refractivity contribution in [3.8, 4) is 0 Å². The van der Waals surface area contributed by atoms with Crippen LogP contribution in [0.1, 0.15) is 39.8 Å². The average molecular weight is 289 g/mol. The molecule has 1 unspecified atom stereocenters. The van der Waals surface area contributed by atoms with Crippen LogP contribution in [0.25, 0.3) is 0 Å². The Labute approximate surface area is 123 Å². The molecule has 1 nitrogen and oxygen atoms in total. The van der Waals surface area contributed by atoms with Crippen LogP contribution < -0.4 is 5.32 Å². The Bertz CT molecular complexity index is 550. The largest absolute Gasteiger partial charge is 0.312 e. The Morgan fingerprint density at radius 3 is 2.65 bits per heavy atom. The molecule has 1 aromatic carbocycles. The van der Waals surface area contributed by atoms with Gasteiger partial charge in [-0.3, -0.25) is 0 Å². The zero-order chi connectivity index (χ0) is 13.9. The van der Waals surface area contributed by atoms with Crippen LogP contribution >= 0.6 is 11.3 Å². The highest BCUT2D eigenvalue weighted by molar-refractivity contribution is 7.12. The number of halogens is 1. The van der Waals surface area contributed by atoms with Gasteiger partial charge in [-0.1, -0.05) is 12.1 Å². The van der Waals surface area contributed by atoms with Crippen molar-refractivity contribution in [3.05, 3.63) is 57.0 Å². The molecular weight excluding hydrogens is 269 g/mol. The van der Waals surface area contributed by atoms with Crippen molar-refractivity contribution in [3.63, 3.8) is 0 Å². The average Bonchev–Trinajstić information content (AvgIpc) is 2.90. The van der Waals surface area contributed by atoms with Gasteiger partial charge in [0.05, 0.1) is 0 Å². The number of likely N-dealkylation sites (N-methyl/N-ethyl adjacent to an activating group) is 1. The monoisotopic (exact) mass is 289 g/mol. The first-order valence-electron chi connectivity index (χ1n) is 7.29. The van der Waals surface area contributed by atoms with Crippen LogP contribution in [0.15, 0.2) is 30.3 Å². The van der Waals surface area contributed by atoms with Crippen molar-refractivity contribution < 1.29 is 4.39 Å². The number of nitrogens with one attached hydrogen (secondary N) is 1. The van der Waals surface area contributed by atoms with Crippen molar-refractivity contribution in [1.29, 1.82) is 0 Å². The van der Waals surface area contributed by atoms with Crippen LogP contribution in [-0.4, -0.2) is 7.05 Å². The molecule has 1 N–H and O–H groups in total. The van der Waals surface area contributed by atoms with E-state index in [1.165, 1.54) is 36.1 Å². The smallest absolute Gasteiger partial charge is 0.123 e. The van der Waals surface area contributed by atoms with E-state index >= 15 is 0 Å². The van der Waals surface area contributed by atoms with Crippen LogP contribution in [0.2, 0.25) is 0 Å². The number of benzene rings is 1. The molecule has 0 radical (unpaired) electrons. The summed E-state index contributed by atoms with van der Waals surface area (Å²) in [7, 11) is 2.01. The number of fused-ring (bicyclic) bond motifs is 1. The fourth-order valence-corrected chi connectivity index (χ4v) is 4.25. The minimum Gasteiger partial charge on any atom is -0.312 e. The van der Waals surface area contributed by atoms with Gasteiger partial charge < -0.3 is 5.32 Å². The summed E-state index contributed by atoms with van der Waals surface area (Å²) in [4.78, 5) is 2.99. The molecule has 3 heteroatoms. The summed E-state index contributed by atoms with van der Waals surface area (Å²) < 4.78 is 13.0. The first-order chi connectivity index (χ1) is 9.76. The van der Waals surface area contributed by atoms with Crippen LogP contribution in [0.4, 0.5) is 4.39 Å². The summed E-state index contributed by atoms with van der Waals surface area (Å²) in [5.41, 5.74) is 2.73. The summed E-state index contributed by atoms with van der Waals surface area (Å²) >= 11 is 1.95. The summed E-state index contributed by atoms with van der Waals surface area (Å²) in [6.07, 6.45) is 6.04. The first-order valence-corrected chi connectivity index (χ1v) is 8.11. The molecule has 2 aromatic rings. The van der Waals surface area contributed by atoms with E-state index in [1.807, 2.05) is 30.5 Å². The lowest BCUT2D eigenvalue weighted by atomic mass is 9.98. The predicted octanol–water partition coefficient (Wildman–Crippen LogP) is 4.27. The second kappa shape index (κ2) is 6.06. The standard InChI is InChI=1S/C17H20FNS/c1-19-15(10-12-6-8-14(18)9-7-12)17-11-13-4-2-3-5-16(13)20-17/h6-9,11,15,19H,2-5,10H2,1H3. The third kappa shape index (κ3) is 2.94. The highest BCUT2D eigenvalue weighted by atomic mass is 32.1. The van der Waals surface area contributed by atoms with E-state index in [0.717, 1.165) is 6.42 Å². The Morgan fingerprint density at radius 2 is 1.95 bits per heavy atom. The number of hydrogen-bond donors (Lipinski definition) is 1. The highest BCUT2D eigenvalue weighted by Gasteiger charge is 2.18. The number of thiophene rings is 1. The van der Waals surface area contributed by atoms with E-state index in [9.17, 15) is 4.39 Å². The molecule has 1 heterocycles. The van der Waals surface area contributed by atoms with Gasteiger partial charge in [-0.25, -0.2) is 4.39 Å². The minimum atomic E-state index is -0.165. The Hall–Kier alpha value is -1.19. The van der Waals surface area contributed by atoms with Crippen molar-refractivity contribution in [2.45, 2.75) is 38.1 Å². The fourth-order valence-electron chi connectivity index (χ4n) is 2.89. The number of hydrogen-bond acceptors (Lipinski definition) is 2. The van der Waals surface area contributed by atoms with Crippen molar-refractivity contribution in [2.24, 2.45) is 0 Å². The molecule has 1 aliphatic rings. The Morgan fingerprint density at radius 1 is 1.20 bits per heavy atom. The zero-order valence-corrected chi connectivity index (χ0v) is 12.6. The second-order valence-electron chi connectivity index (χ2n) is 5.48. The quantitative estimate of drug-likeness (QED) is 0.886. The normalized spacial score (nSPS) is 15.9. The van der Waals surface area contributed by atoms with Gasteiger partial charge in [-0.05, 0) is 68.5 Å². The third-order valence-corrected chi connectivity index (χ3v) is 5.41. The summed E-state index contributed by atoms with van der Waals surface area (Å²) in [6, 6.07) is 9.56. The van der Waals surface area contributed by atoms with Gasteiger partial charge >= 0.3 is 0 Å². The summed E-state index contributed by atoms with van der Waals surface area (Å²) in [5, 5.41) is 3.41. The van der Waals surface area contributed by atoms with Crippen LogP contribution in [0.5, 0.6) is 0 Å². The van der Waals surface area contributed by atoms with E-state index in [4.69, 9.17) is 0 Å². The lowest BCUT2D eigenvalue weighted by Crippen LogP contribution is -2.17. The van der Waals surface area contributed by atoms with Crippen molar-refractivity contribution in [1.82, 2.24) is 5.32 Å². The lowest BCUT2D eigenvalue weighted by Gasteiger charge is -2.14.